The third-order valence-electron chi connectivity index (χ3n) is 1.61. The van der Waals surface area contributed by atoms with Crippen LogP contribution in [-0.2, 0) is 0 Å². The van der Waals surface area contributed by atoms with Crippen LogP contribution >= 0.6 is 15.9 Å². The van der Waals surface area contributed by atoms with Crippen molar-refractivity contribution in [1.29, 1.82) is 0 Å². The molecule has 0 unspecified atom stereocenters. The lowest BCUT2D eigenvalue weighted by atomic mass is 10.4. The Balaban J connectivity index is 2.88. The third kappa shape index (κ3) is 2.63. The lowest BCUT2D eigenvalue weighted by Gasteiger charge is -2.17. The predicted octanol–water partition coefficient (Wildman–Crippen LogP) is 1.38. The zero-order valence-corrected chi connectivity index (χ0v) is 8.88. The van der Waals surface area contributed by atoms with E-state index >= 15 is 0 Å². The van der Waals surface area contributed by atoms with Crippen LogP contribution in [0, 0.1) is 5.82 Å². The molecule has 1 rings (SSSR count). The number of hydrogen-bond donors (Lipinski definition) is 1. The van der Waals surface area contributed by atoms with E-state index in [1.807, 2.05) is 0 Å². The Morgan fingerprint density at radius 3 is 2.92 bits per heavy atom. The summed E-state index contributed by atoms with van der Waals surface area (Å²) >= 11 is 3.14. The molecule has 0 aliphatic rings. The molecule has 0 aromatic carbocycles. The average Bonchev–Trinajstić information content (AvgIpc) is 2.04. The Hall–Kier alpha value is -0.680. The molecular weight excluding hydrogens is 237 g/mol. The summed E-state index contributed by atoms with van der Waals surface area (Å²) in [5.74, 6) is -0.0148. The molecule has 1 aromatic rings. The summed E-state index contributed by atoms with van der Waals surface area (Å²) in [4.78, 5) is 5.63. The highest BCUT2D eigenvalue weighted by atomic mass is 79.9. The standard InChI is InChI=1S/C8H11BrFN3/c1-13(3-2-11)8-7(10)4-6(9)5-12-8/h4-5H,2-3,11H2,1H3. The van der Waals surface area contributed by atoms with Crippen LogP contribution in [0.2, 0.25) is 0 Å². The van der Waals surface area contributed by atoms with E-state index in [4.69, 9.17) is 5.73 Å². The van der Waals surface area contributed by atoms with Gasteiger partial charge < -0.3 is 10.6 Å². The van der Waals surface area contributed by atoms with E-state index in [-0.39, 0.29) is 5.82 Å². The van der Waals surface area contributed by atoms with Crippen molar-refractivity contribution >= 4 is 21.7 Å². The third-order valence-corrected chi connectivity index (χ3v) is 2.05. The molecule has 1 heterocycles. The van der Waals surface area contributed by atoms with Crippen molar-refractivity contribution in [2.24, 2.45) is 5.73 Å². The van der Waals surface area contributed by atoms with Gasteiger partial charge in [-0.25, -0.2) is 9.37 Å². The highest BCUT2D eigenvalue weighted by molar-refractivity contribution is 9.10. The van der Waals surface area contributed by atoms with Gasteiger partial charge in [-0.05, 0) is 22.0 Å². The van der Waals surface area contributed by atoms with Gasteiger partial charge in [-0.1, -0.05) is 0 Å². The molecule has 0 radical (unpaired) electrons. The first-order valence-corrected chi connectivity index (χ1v) is 4.66. The normalized spacial score (nSPS) is 10.2. The van der Waals surface area contributed by atoms with E-state index in [1.54, 1.807) is 18.1 Å². The zero-order valence-electron chi connectivity index (χ0n) is 7.30. The number of nitrogens with zero attached hydrogens (tertiary/aromatic N) is 2. The number of hydrogen-bond acceptors (Lipinski definition) is 3. The van der Waals surface area contributed by atoms with E-state index < -0.39 is 0 Å². The van der Waals surface area contributed by atoms with Crippen LogP contribution in [0.5, 0.6) is 0 Å². The summed E-state index contributed by atoms with van der Waals surface area (Å²) in [7, 11) is 1.76. The van der Waals surface area contributed by atoms with Crippen LogP contribution in [0.15, 0.2) is 16.7 Å². The molecule has 72 valence electrons. The van der Waals surface area contributed by atoms with Gasteiger partial charge in [0.05, 0.1) is 0 Å². The fourth-order valence-corrected chi connectivity index (χ4v) is 1.29. The molecule has 0 aliphatic heterocycles. The van der Waals surface area contributed by atoms with E-state index in [9.17, 15) is 4.39 Å². The number of pyridine rings is 1. The summed E-state index contributed by atoms with van der Waals surface area (Å²) in [6.45, 7) is 1.07. The second-order valence-corrected chi connectivity index (χ2v) is 3.58. The first kappa shape index (κ1) is 10.4. The van der Waals surface area contributed by atoms with Crippen LogP contribution in [0.25, 0.3) is 0 Å². The first-order chi connectivity index (χ1) is 6.15. The van der Waals surface area contributed by atoms with Crippen molar-refractivity contribution in [3.05, 3.63) is 22.6 Å². The van der Waals surface area contributed by atoms with Crippen molar-refractivity contribution in [3.8, 4) is 0 Å². The molecule has 1 aromatic heterocycles. The summed E-state index contributed by atoms with van der Waals surface area (Å²) in [6, 6.07) is 1.38. The Bertz CT molecular complexity index is 293. The smallest absolute Gasteiger partial charge is 0.166 e. The van der Waals surface area contributed by atoms with E-state index in [2.05, 4.69) is 20.9 Å². The van der Waals surface area contributed by atoms with Gasteiger partial charge in [0.25, 0.3) is 0 Å². The van der Waals surface area contributed by atoms with Gasteiger partial charge in [-0.3, -0.25) is 0 Å². The molecule has 13 heavy (non-hydrogen) atoms. The fourth-order valence-electron chi connectivity index (χ4n) is 0.988. The van der Waals surface area contributed by atoms with Crippen LogP contribution in [-0.4, -0.2) is 25.1 Å². The molecule has 3 nitrogen and oxygen atoms in total. The zero-order chi connectivity index (χ0) is 9.84. The minimum atomic E-state index is -0.342. The summed E-state index contributed by atoms with van der Waals surface area (Å²) in [5, 5.41) is 0. The van der Waals surface area contributed by atoms with Gasteiger partial charge >= 0.3 is 0 Å². The van der Waals surface area contributed by atoms with Crippen LogP contribution < -0.4 is 10.6 Å². The Labute approximate surface area is 84.9 Å². The van der Waals surface area contributed by atoms with Crippen molar-refractivity contribution < 1.29 is 4.39 Å². The molecule has 0 aliphatic carbocycles. The van der Waals surface area contributed by atoms with Crippen molar-refractivity contribution in [2.45, 2.75) is 0 Å². The van der Waals surface area contributed by atoms with Gasteiger partial charge in [-0.15, -0.1) is 0 Å². The van der Waals surface area contributed by atoms with Crippen molar-refractivity contribution in [2.75, 3.05) is 25.0 Å². The Morgan fingerprint density at radius 2 is 2.38 bits per heavy atom. The van der Waals surface area contributed by atoms with Gasteiger partial charge in [0.15, 0.2) is 11.6 Å². The molecule has 5 heteroatoms. The molecule has 0 fully saturated rings. The highest BCUT2D eigenvalue weighted by Gasteiger charge is 2.08. The summed E-state index contributed by atoms with van der Waals surface area (Å²) < 4.78 is 13.9. The second-order valence-electron chi connectivity index (χ2n) is 2.67. The number of aromatic nitrogens is 1. The van der Waals surface area contributed by atoms with Crippen molar-refractivity contribution in [1.82, 2.24) is 4.98 Å². The molecule has 0 atom stereocenters. The monoisotopic (exact) mass is 247 g/mol. The predicted molar refractivity (Wildman–Crippen MR) is 54.2 cm³/mol. The van der Waals surface area contributed by atoms with Crippen LogP contribution in [0.1, 0.15) is 0 Å². The molecule has 0 spiro atoms. The van der Waals surface area contributed by atoms with Crippen LogP contribution in [0.4, 0.5) is 10.2 Å². The molecule has 0 bridgehead atoms. The summed E-state index contributed by atoms with van der Waals surface area (Å²) in [6.07, 6.45) is 1.56. The first-order valence-electron chi connectivity index (χ1n) is 3.87. The lowest BCUT2D eigenvalue weighted by Crippen LogP contribution is -2.26. The largest absolute Gasteiger partial charge is 0.356 e. The maximum atomic E-state index is 13.2. The number of anilines is 1. The second kappa shape index (κ2) is 4.53. The lowest BCUT2D eigenvalue weighted by molar-refractivity contribution is 0.614. The number of rotatable bonds is 3. The molecule has 0 saturated heterocycles. The highest BCUT2D eigenvalue weighted by Crippen LogP contribution is 2.18. The van der Waals surface area contributed by atoms with Crippen molar-refractivity contribution in [3.63, 3.8) is 0 Å². The van der Waals surface area contributed by atoms with Gasteiger partial charge in [-0.2, -0.15) is 0 Å². The van der Waals surface area contributed by atoms with E-state index in [0.717, 1.165) is 0 Å². The number of nitrogens with two attached hydrogens (primary N) is 1. The van der Waals surface area contributed by atoms with Crippen LogP contribution in [0.3, 0.4) is 0 Å². The Morgan fingerprint density at radius 1 is 1.69 bits per heavy atom. The average molecular weight is 248 g/mol. The quantitative estimate of drug-likeness (QED) is 0.878. The maximum Gasteiger partial charge on any atom is 0.166 e. The minimum Gasteiger partial charge on any atom is -0.356 e. The molecule has 0 amide bonds. The molecule has 2 N–H and O–H groups in total. The van der Waals surface area contributed by atoms with E-state index in [0.29, 0.717) is 23.4 Å². The maximum absolute atomic E-state index is 13.2. The van der Waals surface area contributed by atoms with Gasteiger partial charge in [0.1, 0.15) is 0 Å². The number of halogens is 2. The fraction of sp³-hybridized carbons (Fsp3) is 0.375. The molecular formula is C8H11BrFN3. The SMILES string of the molecule is CN(CCN)c1ncc(Br)cc1F. The number of likely N-dealkylation sites (N-methyl/N-ethyl adjacent to an activating group) is 1. The topological polar surface area (TPSA) is 42.1 Å². The minimum absolute atomic E-state index is 0.327. The Kier molecular flexibility index (Phi) is 3.62. The van der Waals surface area contributed by atoms with Gasteiger partial charge in [0.2, 0.25) is 0 Å². The van der Waals surface area contributed by atoms with Gasteiger partial charge in [0, 0.05) is 30.8 Å². The molecule has 0 saturated carbocycles. The van der Waals surface area contributed by atoms with E-state index in [1.165, 1.54) is 6.07 Å². The summed E-state index contributed by atoms with van der Waals surface area (Å²) in [5.41, 5.74) is 5.35.